The number of hydrogen-bond donors (Lipinski definition) is 0. The Balaban J connectivity index is 0.000000280. The topological polar surface area (TPSA) is 54.0 Å². The minimum atomic E-state index is 0.430. The van der Waals surface area contributed by atoms with Crippen LogP contribution in [0.2, 0.25) is 10.0 Å². The molecule has 0 unspecified atom stereocenters. The number of hydrogen-bond acceptors (Lipinski definition) is 5. The highest BCUT2D eigenvalue weighted by molar-refractivity contribution is 9.08. The highest BCUT2D eigenvalue weighted by atomic mass is 79.9. The quantitative estimate of drug-likeness (QED) is 0.250. The summed E-state index contributed by atoms with van der Waals surface area (Å²) in [6, 6.07) is 10.6. The first-order valence-electron chi connectivity index (χ1n) is 8.38. The first-order chi connectivity index (χ1) is 13.5. The van der Waals surface area contributed by atoms with Crippen molar-refractivity contribution in [3.8, 4) is 11.5 Å². The van der Waals surface area contributed by atoms with Crippen LogP contribution >= 0.6 is 39.1 Å². The van der Waals surface area contributed by atoms with Crippen molar-refractivity contribution < 1.29 is 23.7 Å². The standard InChI is InChI=1S/C10H12BrClO2.C10H11ClO3/c1-13-4-5-14-9-2-3-10(12)8(6-9)7-11;1-13-4-5-14-9-2-3-10(11)8(6-9)7-12/h2-3,6H,4-5,7H2,1H3;2-3,6-7H,4-5H2,1H3. The maximum Gasteiger partial charge on any atom is 0.151 e. The zero-order valence-electron chi connectivity index (χ0n) is 15.8. The number of ether oxygens (including phenoxy) is 4. The summed E-state index contributed by atoms with van der Waals surface area (Å²) < 4.78 is 20.4. The Morgan fingerprint density at radius 2 is 1.39 bits per heavy atom. The van der Waals surface area contributed by atoms with Crippen molar-refractivity contribution in [3.63, 3.8) is 0 Å². The average Bonchev–Trinajstić information content (AvgIpc) is 2.71. The molecular weight excluding hydrogens is 471 g/mol. The van der Waals surface area contributed by atoms with Crippen LogP contribution in [0.5, 0.6) is 11.5 Å². The van der Waals surface area contributed by atoms with E-state index in [-0.39, 0.29) is 0 Å². The van der Waals surface area contributed by atoms with Gasteiger partial charge in [-0.15, -0.1) is 0 Å². The van der Waals surface area contributed by atoms with Crippen LogP contribution in [0, 0.1) is 0 Å². The van der Waals surface area contributed by atoms with E-state index in [1.807, 2.05) is 18.2 Å². The van der Waals surface area contributed by atoms with Crippen LogP contribution in [0.25, 0.3) is 0 Å². The number of halogens is 3. The molecule has 0 bridgehead atoms. The van der Waals surface area contributed by atoms with Gasteiger partial charge in [0, 0.05) is 30.1 Å². The van der Waals surface area contributed by atoms with Gasteiger partial charge in [0.1, 0.15) is 24.7 Å². The molecule has 0 atom stereocenters. The van der Waals surface area contributed by atoms with Crippen molar-refractivity contribution in [2.45, 2.75) is 5.33 Å². The molecule has 0 aromatic heterocycles. The number of benzene rings is 2. The first kappa shape index (κ1) is 24.7. The fraction of sp³-hybridized carbons (Fsp3) is 0.350. The first-order valence-corrected chi connectivity index (χ1v) is 10.3. The summed E-state index contributed by atoms with van der Waals surface area (Å²) in [6.45, 7) is 2.11. The Morgan fingerprint density at radius 3 is 1.89 bits per heavy atom. The fourth-order valence-electron chi connectivity index (χ4n) is 1.93. The van der Waals surface area contributed by atoms with E-state index in [9.17, 15) is 4.79 Å². The Kier molecular flexibility index (Phi) is 12.9. The zero-order valence-corrected chi connectivity index (χ0v) is 18.8. The van der Waals surface area contributed by atoms with Crippen molar-refractivity contribution in [3.05, 3.63) is 57.6 Å². The van der Waals surface area contributed by atoms with Crippen molar-refractivity contribution in [1.82, 2.24) is 0 Å². The van der Waals surface area contributed by atoms with Crippen LogP contribution in [0.4, 0.5) is 0 Å². The van der Waals surface area contributed by atoms with E-state index in [2.05, 4.69) is 15.9 Å². The van der Waals surface area contributed by atoms with Gasteiger partial charge in [-0.05, 0) is 42.0 Å². The van der Waals surface area contributed by atoms with Crippen LogP contribution in [0.3, 0.4) is 0 Å². The second-order valence-electron chi connectivity index (χ2n) is 5.37. The van der Waals surface area contributed by atoms with Crippen LogP contribution in [-0.4, -0.2) is 46.9 Å². The van der Waals surface area contributed by atoms with E-state index in [0.29, 0.717) is 49.0 Å². The number of rotatable bonds is 10. The van der Waals surface area contributed by atoms with Crippen LogP contribution < -0.4 is 9.47 Å². The number of methoxy groups -OCH3 is 2. The lowest BCUT2D eigenvalue weighted by Gasteiger charge is -2.07. The third-order valence-electron chi connectivity index (χ3n) is 3.37. The molecule has 0 heterocycles. The zero-order chi connectivity index (χ0) is 20.8. The molecule has 5 nitrogen and oxygen atoms in total. The molecule has 0 aliphatic heterocycles. The number of alkyl halides is 1. The molecule has 0 saturated heterocycles. The Hall–Kier alpha value is -1.31. The second kappa shape index (κ2) is 14.7. The van der Waals surface area contributed by atoms with Crippen molar-refractivity contribution in [2.24, 2.45) is 0 Å². The second-order valence-corrected chi connectivity index (χ2v) is 6.75. The predicted octanol–water partition coefficient (Wildman–Crippen LogP) is 5.44. The summed E-state index contributed by atoms with van der Waals surface area (Å²) >= 11 is 15.1. The summed E-state index contributed by atoms with van der Waals surface area (Å²) in [6.07, 6.45) is 0.700. The molecule has 0 aliphatic carbocycles. The van der Waals surface area contributed by atoms with E-state index < -0.39 is 0 Å². The molecule has 28 heavy (non-hydrogen) atoms. The highest BCUT2D eigenvalue weighted by Crippen LogP contribution is 2.24. The minimum absolute atomic E-state index is 0.430. The molecule has 2 aromatic rings. The van der Waals surface area contributed by atoms with E-state index in [0.717, 1.165) is 21.7 Å². The van der Waals surface area contributed by atoms with Gasteiger partial charge in [-0.2, -0.15) is 0 Å². The van der Waals surface area contributed by atoms with E-state index >= 15 is 0 Å². The largest absolute Gasteiger partial charge is 0.491 e. The van der Waals surface area contributed by atoms with Crippen LogP contribution in [0.15, 0.2) is 36.4 Å². The summed E-state index contributed by atoms with van der Waals surface area (Å²) in [5.74, 6) is 1.44. The number of aldehydes is 1. The monoisotopic (exact) mass is 492 g/mol. The SMILES string of the molecule is COCCOc1ccc(Cl)c(C=O)c1.COCCOc1ccc(Cl)c(CBr)c1. The normalized spacial score (nSPS) is 10.0. The van der Waals surface area contributed by atoms with Gasteiger partial charge >= 0.3 is 0 Å². The van der Waals surface area contributed by atoms with Crippen LogP contribution in [-0.2, 0) is 14.8 Å². The Labute approximate surface area is 184 Å². The lowest BCUT2D eigenvalue weighted by Crippen LogP contribution is -2.04. The molecule has 2 aromatic carbocycles. The molecule has 0 saturated carbocycles. The molecule has 0 fully saturated rings. The van der Waals surface area contributed by atoms with Crippen molar-refractivity contribution >= 4 is 45.4 Å². The third kappa shape index (κ3) is 9.26. The Morgan fingerprint density at radius 1 is 0.857 bits per heavy atom. The van der Waals surface area contributed by atoms with Gasteiger partial charge in [0.15, 0.2) is 6.29 Å². The van der Waals surface area contributed by atoms with Crippen LogP contribution in [0.1, 0.15) is 15.9 Å². The molecule has 0 N–H and O–H groups in total. The average molecular weight is 494 g/mol. The fourth-order valence-corrected chi connectivity index (χ4v) is 2.90. The van der Waals surface area contributed by atoms with E-state index in [1.54, 1.807) is 32.4 Å². The summed E-state index contributed by atoms with van der Waals surface area (Å²) in [4.78, 5) is 10.5. The maximum atomic E-state index is 10.5. The molecule has 154 valence electrons. The molecule has 8 heteroatoms. The molecule has 2 rings (SSSR count). The lowest BCUT2D eigenvalue weighted by molar-refractivity contribution is 0.112. The molecule has 0 amide bonds. The molecule has 0 aliphatic rings. The highest BCUT2D eigenvalue weighted by Gasteiger charge is 2.02. The summed E-state index contributed by atoms with van der Waals surface area (Å²) in [5, 5.41) is 1.91. The van der Waals surface area contributed by atoms with Gasteiger partial charge in [0.05, 0.1) is 18.2 Å². The van der Waals surface area contributed by atoms with Gasteiger partial charge in [0.2, 0.25) is 0 Å². The van der Waals surface area contributed by atoms with Gasteiger partial charge < -0.3 is 18.9 Å². The van der Waals surface area contributed by atoms with E-state index in [4.69, 9.17) is 42.1 Å². The maximum absolute atomic E-state index is 10.5. The van der Waals surface area contributed by atoms with Gasteiger partial charge in [0.25, 0.3) is 0 Å². The van der Waals surface area contributed by atoms with E-state index in [1.165, 1.54) is 0 Å². The van der Waals surface area contributed by atoms with Gasteiger partial charge in [-0.25, -0.2) is 0 Å². The molecule has 0 spiro atoms. The Bertz CT molecular complexity index is 728. The predicted molar refractivity (Wildman–Crippen MR) is 116 cm³/mol. The van der Waals surface area contributed by atoms with Gasteiger partial charge in [-0.3, -0.25) is 4.79 Å². The number of carbonyl (C=O) groups is 1. The summed E-state index contributed by atoms with van der Waals surface area (Å²) in [7, 11) is 3.25. The van der Waals surface area contributed by atoms with Crippen molar-refractivity contribution in [2.75, 3.05) is 40.6 Å². The number of carbonyl (C=O) groups excluding carboxylic acids is 1. The lowest BCUT2D eigenvalue weighted by atomic mass is 10.2. The summed E-state index contributed by atoms with van der Waals surface area (Å²) in [5.41, 5.74) is 1.46. The van der Waals surface area contributed by atoms with Gasteiger partial charge in [-0.1, -0.05) is 39.1 Å². The smallest absolute Gasteiger partial charge is 0.151 e. The minimum Gasteiger partial charge on any atom is -0.491 e. The molecule has 0 radical (unpaired) electrons. The third-order valence-corrected chi connectivity index (χ3v) is 4.68. The molecular formula is C20H23BrCl2O5. The van der Waals surface area contributed by atoms with Crippen molar-refractivity contribution in [1.29, 1.82) is 0 Å².